The summed E-state index contributed by atoms with van der Waals surface area (Å²) < 4.78 is 43.4. The molecule has 3 heterocycles. The summed E-state index contributed by atoms with van der Waals surface area (Å²) in [5, 5.41) is 12.8. The number of nitrogens with one attached hydrogen (secondary N) is 2. The number of ether oxygens (including phenoxy) is 2. The van der Waals surface area contributed by atoms with Gasteiger partial charge in [0.05, 0.1) is 23.7 Å². The number of hydrogen-bond donors (Lipinski definition) is 3. The summed E-state index contributed by atoms with van der Waals surface area (Å²) in [6.45, 7) is 9.79. The number of amides is 1. The maximum absolute atomic E-state index is 13.9. The molecule has 326 valence electrons. The first kappa shape index (κ1) is 43.9. The number of sulfonamides is 1. The first-order valence-electron chi connectivity index (χ1n) is 22.2. The molecular weight excluding hydrogens is 797 g/mol. The molecule has 8 rings (SSSR count). The lowest BCUT2D eigenvalue weighted by molar-refractivity contribution is -0.276. The Bertz CT molecular complexity index is 2340. The molecule has 3 N–H and O–H groups in total. The molecular formula is C51H60N4O6S. The predicted octanol–water partition coefficient (Wildman–Crippen LogP) is 7.71. The SMILES string of the molecule is Cc1ccc(S(=O)(=O)NC(Cc2ccccc2)C(=O)NCc2ccccc2-c2ccc(C3OC(CN4CCCC4CN4CCCC4)C(C)C(c4ccc(CO)cc4)O3)cc2)cc1. The highest BCUT2D eigenvalue weighted by Gasteiger charge is 2.41. The lowest BCUT2D eigenvalue weighted by atomic mass is 9.89. The fraction of sp³-hybridized carbons (Fsp3) is 0.392. The van der Waals surface area contributed by atoms with Crippen molar-refractivity contribution >= 4 is 15.9 Å². The summed E-state index contributed by atoms with van der Waals surface area (Å²) in [6.07, 6.45) is 4.39. The molecule has 0 aromatic heterocycles. The van der Waals surface area contributed by atoms with Crippen molar-refractivity contribution in [2.75, 3.05) is 32.7 Å². The van der Waals surface area contributed by atoms with Gasteiger partial charge in [0.15, 0.2) is 6.29 Å². The second kappa shape index (κ2) is 20.2. The smallest absolute Gasteiger partial charge is 0.241 e. The van der Waals surface area contributed by atoms with Crippen molar-refractivity contribution in [1.29, 1.82) is 0 Å². The van der Waals surface area contributed by atoms with Gasteiger partial charge < -0.3 is 24.8 Å². The third-order valence-corrected chi connectivity index (χ3v) is 14.4. The topological polar surface area (TPSA) is 120 Å². The predicted molar refractivity (Wildman–Crippen MR) is 242 cm³/mol. The monoisotopic (exact) mass is 856 g/mol. The van der Waals surface area contributed by atoms with Crippen LogP contribution < -0.4 is 10.0 Å². The molecule has 3 aliphatic rings. The van der Waals surface area contributed by atoms with Crippen LogP contribution in [0.4, 0.5) is 0 Å². The van der Waals surface area contributed by atoms with Gasteiger partial charge in [0.1, 0.15) is 6.04 Å². The Hall–Kier alpha value is -4.72. The number of carbonyl (C=O) groups excluding carboxylic acids is 1. The van der Waals surface area contributed by atoms with Gasteiger partial charge in [-0.05, 0) is 104 Å². The fourth-order valence-corrected chi connectivity index (χ4v) is 10.5. The van der Waals surface area contributed by atoms with Gasteiger partial charge in [0.25, 0.3) is 0 Å². The molecule has 0 radical (unpaired) electrons. The summed E-state index contributed by atoms with van der Waals surface area (Å²) in [6, 6.07) is 39.8. The molecule has 3 saturated heterocycles. The number of aliphatic hydroxyl groups is 1. The molecule has 0 bridgehead atoms. The van der Waals surface area contributed by atoms with E-state index >= 15 is 0 Å². The minimum absolute atomic E-state index is 0.00419. The maximum Gasteiger partial charge on any atom is 0.241 e. The van der Waals surface area contributed by atoms with E-state index in [9.17, 15) is 18.3 Å². The molecule has 0 saturated carbocycles. The first-order valence-corrected chi connectivity index (χ1v) is 23.7. The van der Waals surface area contributed by atoms with Crippen LogP contribution in [-0.4, -0.2) is 80.1 Å². The Balaban J connectivity index is 0.985. The third kappa shape index (κ3) is 10.7. The molecule has 5 aromatic rings. The Kier molecular flexibility index (Phi) is 14.3. The standard InChI is InChI=1S/C51H60N4O6S/c1-36-16-26-45(27-17-36)62(58,59)53-47(31-38-11-4-3-5-12-38)50(57)52-32-43-13-6-7-15-46(43)40-22-24-42(25-23-40)51-60-48(34-55-30-10-14-44(55)33-54-28-8-9-29-54)37(2)49(61-51)41-20-18-39(35-56)19-21-41/h3-7,11-13,15-27,37,44,47-49,51,53,56H,8-10,14,28-35H2,1-2H3,(H,52,57). The van der Waals surface area contributed by atoms with Crippen LogP contribution in [0.5, 0.6) is 0 Å². The Labute approximate surface area is 367 Å². The molecule has 0 spiro atoms. The van der Waals surface area contributed by atoms with Gasteiger partial charge in [0.2, 0.25) is 15.9 Å². The van der Waals surface area contributed by atoms with Crippen molar-refractivity contribution in [3.8, 4) is 11.1 Å². The van der Waals surface area contributed by atoms with Crippen LogP contribution in [0.25, 0.3) is 11.1 Å². The zero-order chi connectivity index (χ0) is 43.1. The molecule has 6 atom stereocenters. The van der Waals surface area contributed by atoms with Crippen LogP contribution in [0, 0.1) is 12.8 Å². The van der Waals surface area contributed by atoms with Gasteiger partial charge in [-0.1, -0.05) is 128 Å². The van der Waals surface area contributed by atoms with Gasteiger partial charge in [0, 0.05) is 37.2 Å². The summed E-state index contributed by atoms with van der Waals surface area (Å²) >= 11 is 0. The van der Waals surface area contributed by atoms with Gasteiger partial charge in [-0.2, -0.15) is 4.72 Å². The molecule has 10 nitrogen and oxygen atoms in total. The molecule has 0 aliphatic carbocycles. The quantitative estimate of drug-likeness (QED) is 0.0924. The number of nitrogens with zero attached hydrogens (tertiary/aromatic N) is 2. The van der Waals surface area contributed by atoms with E-state index in [1.807, 2.05) is 73.7 Å². The van der Waals surface area contributed by atoms with Crippen LogP contribution in [0.3, 0.4) is 0 Å². The molecule has 11 heteroatoms. The second-order valence-corrected chi connectivity index (χ2v) is 19.0. The normalized spacial score (nSPS) is 22.7. The van der Waals surface area contributed by atoms with Crippen LogP contribution in [0.1, 0.15) is 78.4 Å². The number of hydrogen-bond acceptors (Lipinski definition) is 8. The van der Waals surface area contributed by atoms with E-state index in [2.05, 4.69) is 63.2 Å². The van der Waals surface area contributed by atoms with Crippen molar-refractivity contribution in [2.45, 2.75) is 94.6 Å². The molecule has 6 unspecified atom stereocenters. The fourth-order valence-electron chi connectivity index (χ4n) is 9.26. The van der Waals surface area contributed by atoms with Crippen molar-refractivity contribution < 1.29 is 27.8 Å². The summed E-state index contributed by atoms with van der Waals surface area (Å²) in [4.78, 5) is 19.3. The molecule has 3 fully saturated rings. The van der Waals surface area contributed by atoms with Crippen LogP contribution in [0.2, 0.25) is 0 Å². The van der Waals surface area contributed by atoms with E-state index in [1.54, 1.807) is 24.3 Å². The van der Waals surface area contributed by atoms with Gasteiger partial charge in [-0.25, -0.2) is 8.42 Å². The zero-order valence-corrected chi connectivity index (χ0v) is 36.7. The highest BCUT2D eigenvalue weighted by atomic mass is 32.2. The molecule has 3 aliphatic heterocycles. The van der Waals surface area contributed by atoms with Gasteiger partial charge in [-0.3, -0.25) is 9.69 Å². The van der Waals surface area contributed by atoms with Gasteiger partial charge in [-0.15, -0.1) is 0 Å². The van der Waals surface area contributed by atoms with Crippen molar-refractivity contribution in [3.63, 3.8) is 0 Å². The van der Waals surface area contributed by atoms with Crippen molar-refractivity contribution in [1.82, 2.24) is 19.8 Å². The third-order valence-electron chi connectivity index (χ3n) is 12.9. The highest BCUT2D eigenvalue weighted by molar-refractivity contribution is 7.89. The maximum atomic E-state index is 13.9. The summed E-state index contributed by atoms with van der Waals surface area (Å²) in [5.41, 5.74) is 7.47. The number of likely N-dealkylation sites (tertiary alicyclic amines) is 2. The Morgan fingerprint density at radius 3 is 2.19 bits per heavy atom. The van der Waals surface area contributed by atoms with E-state index < -0.39 is 28.3 Å². The molecule has 5 aromatic carbocycles. The number of rotatable bonds is 16. The van der Waals surface area contributed by atoms with E-state index in [-0.39, 0.29) is 42.6 Å². The Morgan fingerprint density at radius 2 is 1.47 bits per heavy atom. The van der Waals surface area contributed by atoms with Crippen LogP contribution in [0.15, 0.2) is 132 Å². The lowest BCUT2D eigenvalue weighted by Crippen LogP contribution is -2.48. The van der Waals surface area contributed by atoms with Gasteiger partial charge >= 0.3 is 0 Å². The minimum atomic E-state index is -3.98. The number of aliphatic hydroxyl groups excluding tert-OH is 1. The van der Waals surface area contributed by atoms with Crippen LogP contribution in [-0.2, 0) is 43.9 Å². The molecule has 1 amide bonds. The van der Waals surface area contributed by atoms with E-state index in [1.165, 1.54) is 38.8 Å². The minimum Gasteiger partial charge on any atom is -0.392 e. The van der Waals surface area contributed by atoms with Crippen molar-refractivity contribution in [3.05, 3.63) is 161 Å². The highest BCUT2D eigenvalue weighted by Crippen LogP contribution is 2.43. The Morgan fingerprint density at radius 1 is 0.774 bits per heavy atom. The largest absolute Gasteiger partial charge is 0.392 e. The summed E-state index contributed by atoms with van der Waals surface area (Å²) in [7, 11) is -3.98. The van der Waals surface area contributed by atoms with Crippen LogP contribution >= 0.6 is 0 Å². The van der Waals surface area contributed by atoms with E-state index in [4.69, 9.17) is 9.47 Å². The van der Waals surface area contributed by atoms with E-state index in [0.29, 0.717) is 6.04 Å². The average molecular weight is 857 g/mol. The number of carbonyl (C=O) groups is 1. The first-order chi connectivity index (χ1) is 30.1. The lowest BCUT2D eigenvalue weighted by Gasteiger charge is -2.43. The van der Waals surface area contributed by atoms with Crippen molar-refractivity contribution in [2.24, 2.45) is 5.92 Å². The average Bonchev–Trinajstić information content (AvgIpc) is 3.99. The summed E-state index contributed by atoms with van der Waals surface area (Å²) in [5.74, 6) is -0.312. The number of benzene rings is 5. The number of aryl methyl sites for hydroxylation is 1. The second-order valence-electron chi connectivity index (χ2n) is 17.3. The molecule has 62 heavy (non-hydrogen) atoms. The zero-order valence-electron chi connectivity index (χ0n) is 35.9. The van der Waals surface area contributed by atoms with E-state index in [0.717, 1.165) is 64.1 Å².